The van der Waals surface area contributed by atoms with E-state index in [0.717, 1.165) is 12.8 Å². The second-order valence-corrected chi connectivity index (χ2v) is 5.40. The van der Waals surface area contributed by atoms with Crippen molar-refractivity contribution >= 4 is 17.7 Å². The topological polar surface area (TPSA) is 78.4 Å². The summed E-state index contributed by atoms with van der Waals surface area (Å²) >= 11 is 0. The maximum Gasteiger partial charge on any atom is 0.319 e. The van der Waals surface area contributed by atoms with E-state index in [4.69, 9.17) is 5.11 Å². The van der Waals surface area contributed by atoms with Crippen LogP contribution in [-0.4, -0.2) is 23.7 Å². The fourth-order valence-corrected chi connectivity index (χ4v) is 2.56. The lowest BCUT2D eigenvalue weighted by Gasteiger charge is -2.26. The second-order valence-electron chi connectivity index (χ2n) is 5.40. The first-order valence-electron chi connectivity index (χ1n) is 7.08. The third kappa shape index (κ3) is 4.73. The summed E-state index contributed by atoms with van der Waals surface area (Å²) in [6.45, 7) is 0.527. The molecule has 2 rings (SSSR count). The number of carbonyl (C=O) groups is 2. The van der Waals surface area contributed by atoms with Crippen molar-refractivity contribution in [3.63, 3.8) is 0 Å². The van der Waals surface area contributed by atoms with E-state index in [1.165, 1.54) is 24.3 Å². The predicted octanol–water partition coefficient (Wildman–Crippen LogP) is 2.84. The van der Waals surface area contributed by atoms with E-state index in [1.807, 2.05) is 0 Å². The first-order chi connectivity index (χ1) is 10.0. The average Bonchev–Trinajstić information content (AvgIpc) is 2.48. The summed E-state index contributed by atoms with van der Waals surface area (Å²) in [5.74, 6) is -1.000. The number of anilines is 1. The van der Waals surface area contributed by atoms with Crippen LogP contribution in [-0.2, 0) is 4.79 Å². The van der Waals surface area contributed by atoms with Gasteiger partial charge in [0, 0.05) is 12.2 Å². The Morgan fingerprint density at radius 3 is 2.33 bits per heavy atom. The van der Waals surface area contributed by atoms with E-state index in [0.29, 0.717) is 31.0 Å². The molecule has 2 amide bonds. The Kier molecular flexibility index (Phi) is 5.14. The number of hydrogen-bond acceptors (Lipinski definition) is 2. The minimum Gasteiger partial charge on any atom is -0.481 e. The van der Waals surface area contributed by atoms with E-state index < -0.39 is 5.97 Å². The number of benzene rings is 1. The van der Waals surface area contributed by atoms with Crippen LogP contribution in [0.5, 0.6) is 0 Å². The van der Waals surface area contributed by atoms with Gasteiger partial charge in [0.05, 0.1) is 5.92 Å². The van der Waals surface area contributed by atoms with Crippen LogP contribution in [0.2, 0.25) is 0 Å². The lowest BCUT2D eigenvalue weighted by atomic mass is 9.82. The van der Waals surface area contributed by atoms with Crippen LogP contribution in [0.1, 0.15) is 25.7 Å². The van der Waals surface area contributed by atoms with Gasteiger partial charge in [0.2, 0.25) is 0 Å². The van der Waals surface area contributed by atoms with Gasteiger partial charge >= 0.3 is 12.0 Å². The van der Waals surface area contributed by atoms with Crippen LogP contribution >= 0.6 is 0 Å². The lowest BCUT2D eigenvalue weighted by Crippen LogP contribution is -2.35. The van der Waals surface area contributed by atoms with Gasteiger partial charge in [0.1, 0.15) is 5.82 Å². The highest BCUT2D eigenvalue weighted by atomic mass is 19.1. The SMILES string of the molecule is O=C(NCC1CCC(C(=O)O)CC1)Nc1ccc(F)cc1. The highest BCUT2D eigenvalue weighted by molar-refractivity contribution is 5.89. The van der Waals surface area contributed by atoms with Crippen LogP contribution in [0.15, 0.2) is 24.3 Å². The molecule has 1 aromatic carbocycles. The lowest BCUT2D eigenvalue weighted by molar-refractivity contribution is -0.143. The highest BCUT2D eigenvalue weighted by Gasteiger charge is 2.25. The van der Waals surface area contributed by atoms with Gasteiger partial charge in [-0.25, -0.2) is 9.18 Å². The minimum absolute atomic E-state index is 0.241. The molecule has 1 aromatic rings. The van der Waals surface area contributed by atoms with Gasteiger partial charge < -0.3 is 15.7 Å². The van der Waals surface area contributed by atoms with Crippen LogP contribution in [0.3, 0.4) is 0 Å². The van der Waals surface area contributed by atoms with E-state index in [9.17, 15) is 14.0 Å². The molecule has 114 valence electrons. The van der Waals surface area contributed by atoms with E-state index in [2.05, 4.69) is 10.6 Å². The Labute approximate surface area is 122 Å². The number of carbonyl (C=O) groups excluding carboxylic acids is 1. The Hall–Kier alpha value is -2.11. The fraction of sp³-hybridized carbons (Fsp3) is 0.467. The number of amides is 2. The van der Waals surface area contributed by atoms with Gasteiger partial charge in [-0.05, 0) is 55.9 Å². The van der Waals surface area contributed by atoms with Crippen molar-refractivity contribution in [3.8, 4) is 0 Å². The molecule has 0 unspecified atom stereocenters. The second kappa shape index (κ2) is 7.06. The van der Waals surface area contributed by atoms with Crippen molar-refractivity contribution in [2.45, 2.75) is 25.7 Å². The monoisotopic (exact) mass is 294 g/mol. The number of hydrogen-bond donors (Lipinski definition) is 3. The number of nitrogens with one attached hydrogen (secondary N) is 2. The minimum atomic E-state index is -0.726. The molecule has 0 heterocycles. The molecule has 1 fully saturated rings. The van der Waals surface area contributed by atoms with Crippen molar-refractivity contribution in [2.75, 3.05) is 11.9 Å². The van der Waals surface area contributed by atoms with Crippen LogP contribution in [0.4, 0.5) is 14.9 Å². The zero-order valence-electron chi connectivity index (χ0n) is 11.6. The van der Waals surface area contributed by atoms with Crippen molar-refractivity contribution in [2.24, 2.45) is 11.8 Å². The van der Waals surface area contributed by atoms with Gasteiger partial charge in [-0.3, -0.25) is 4.79 Å². The van der Waals surface area contributed by atoms with Crippen molar-refractivity contribution in [3.05, 3.63) is 30.1 Å². The first kappa shape index (κ1) is 15.3. The molecular weight excluding hydrogens is 275 g/mol. The largest absolute Gasteiger partial charge is 0.481 e. The van der Waals surface area contributed by atoms with Gasteiger partial charge in [0.25, 0.3) is 0 Å². The maximum atomic E-state index is 12.7. The Balaban J connectivity index is 1.70. The summed E-state index contributed by atoms with van der Waals surface area (Å²) in [5, 5.41) is 14.3. The van der Waals surface area contributed by atoms with Gasteiger partial charge in [-0.2, -0.15) is 0 Å². The van der Waals surface area contributed by atoms with Crippen LogP contribution in [0.25, 0.3) is 0 Å². The van der Waals surface area contributed by atoms with E-state index in [-0.39, 0.29) is 17.8 Å². The molecule has 6 heteroatoms. The molecular formula is C15H19FN2O3. The fourth-order valence-electron chi connectivity index (χ4n) is 2.56. The van der Waals surface area contributed by atoms with Gasteiger partial charge in [-0.1, -0.05) is 0 Å². The Morgan fingerprint density at radius 1 is 1.14 bits per heavy atom. The third-order valence-corrected chi connectivity index (χ3v) is 3.85. The predicted molar refractivity (Wildman–Crippen MR) is 76.5 cm³/mol. The Bertz CT molecular complexity index is 496. The summed E-state index contributed by atoms with van der Waals surface area (Å²) < 4.78 is 12.7. The summed E-state index contributed by atoms with van der Waals surface area (Å²) in [6.07, 6.45) is 2.96. The van der Waals surface area contributed by atoms with Crippen molar-refractivity contribution in [1.29, 1.82) is 0 Å². The Morgan fingerprint density at radius 2 is 1.76 bits per heavy atom. The quantitative estimate of drug-likeness (QED) is 0.799. The van der Waals surface area contributed by atoms with Crippen LogP contribution < -0.4 is 10.6 Å². The van der Waals surface area contributed by atoms with Crippen molar-refractivity contribution in [1.82, 2.24) is 5.32 Å². The summed E-state index contributed by atoms with van der Waals surface area (Å²) in [6, 6.07) is 5.22. The number of aliphatic carboxylic acids is 1. The molecule has 5 nitrogen and oxygen atoms in total. The zero-order valence-corrected chi connectivity index (χ0v) is 11.6. The number of halogens is 1. The number of rotatable bonds is 4. The summed E-state index contributed by atoms with van der Waals surface area (Å²) in [4.78, 5) is 22.6. The molecule has 0 aliphatic heterocycles. The average molecular weight is 294 g/mol. The van der Waals surface area contributed by atoms with E-state index >= 15 is 0 Å². The highest BCUT2D eigenvalue weighted by Crippen LogP contribution is 2.28. The number of carboxylic acids is 1. The molecule has 1 aliphatic carbocycles. The molecule has 0 spiro atoms. The molecule has 0 saturated heterocycles. The number of urea groups is 1. The number of carboxylic acid groups (broad SMARTS) is 1. The normalized spacial score (nSPS) is 21.6. The molecule has 21 heavy (non-hydrogen) atoms. The molecule has 3 N–H and O–H groups in total. The zero-order chi connectivity index (χ0) is 15.2. The van der Waals surface area contributed by atoms with Gasteiger partial charge in [0.15, 0.2) is 0 Å². The molecule has 0 aromatic heterocycles. The molecule has 0 radical (unpaired) electrons. The van der Waals surface area contributed by atoms with Gasteiger partial charge in [-0.15, -0.1) is 0 Å². The third-order valence-electron chi connectivity index (χ3n) is 3.85. The smallest absolute Gasteiger partial charge is 0.319 e. The maximum absolute atomic E-state index is 12.7. The van der Waals surface area contributed by atoms with Crippen molar-refractivity contribution < 1.29 is 19.1 Å². The first-order valence-corrected chi connectivity index (χ1v) is 7.08. The standard InChI is InChI=1S/C15H19FN2O3/c16-12-5-7-13(8-6-12)18-15(21)17-9-10-1-3-11(4-2-10)14(19)20/h5-8,10-11H,1-4,9H2,(H,19,20)(H2,17,18,21). The summed E-state index contributed by atoms with van der Waals surface area (Å²) in [5.41, 5.74) is 0.531. The van der Waals surface area contributed by atoms with E-state index in [1.54, 1.807) is 0 Å². The molecule has 0 atom stereocenters. The summed E-state index contributed by atoms with van der Waals surface area (Å²) in [7, 11) is 0. The van der Waals surface area contributed by atoms with Crippen LogP contribution in [0, 0.1) is 17.7 Å². The molecule has 1 aliphatic rings. The molecule has 1 saturated carbocycles. The molecule has 0 bridgehead atoms.